The van der Waals surface area contributed by atoms with Gasteiger partial charge in [0.1, 0.15) is 6.10 Å². The summed E-state index contributed by atoms with van der Waals surface area (Å²) in [5.74, 6) is 0.949. The van der Waals surface area contributed by atoms with Crippen LogP contribution in [0.2, 0.25) is 0 Å². The van der Waals surface area contributed by atoms with Crippen LogP contribution in [0.3, 0.4) is 0 Å². The summed E-state index contributed by atoms with van der Waals surface area (Å²) in [6.07, 6.45) is 3.43. The first-order valence-electron chi connectivity index (χ1n) is 3.79. The fraction of sp³-hybridized carbons (Fsp3) is 0.429. The van der Waals surface area contributed by atoms with E-state index in [0.29, 0.717) is 5.75 Å². The van der Waals surface area contributed by atoms with Gasteiger partial charge in [-0.25, -0.2) is 9.97 Å². The lowest BCUT2D eigenvalue weighted by Crippen LogP contribution is -2.50. The number of hydrogen-bond acceptors (Lipinski definition) is 5. The van der Waals surface area contributed by atoms with Crippen LogP contribution in [0.25, 0.3) is 0 Å². The van der Waals surface area contributed by atoms with Crippen molar-refractivity contribution in [2.24, 2.45) is 0 Å². The third-order valence-corrected chi connectivity index (χ3v) is 1.69. The Balaban J connectivity index is 1.98. The van der Waals surface area contributed by atoms with Gasteiger partial charge in [0.05, 0.1) is 12.4 Å². The third kappa shape index (κ3) is 1.45. The van der Waals surface area contributed by atoms with Crippen molar-refractivity contribution < 1.29 is 4.74 Å². The zero-order valence-corrected chi connectivity index (χ0v) is 6.53. The number of rotatable bonds is 2. The summed E-state index contributed by atoms with van der Waals surface area (Å²) in [6.45, 7) is 1.79. The molecule has 0 bridgehead atoms. The Labute approximate surface area is 70.0 Å². The van der Waals surface area contributed by atoms with Gasteiger partial charge in [-0.05, 0) is 0 Å². The molecule has 0 aliphatic carbocycles. The molecule has 0 saturated carbocycles. The molecular formula is C7H10N4O. The van der Waals surface area contributed by atoms with E-state index in [0.717, 1.165) is 13.1 Å². The summed E-state index contributed by atoms with van der Waals surface area (Å²) in [6, 6.07) is 0. The van der Waals surface area contributed by atoms with Gasteiger partial charge in [-0.3, -0.25) is 0 Å². The molecule has 0 atom stereocenters. The standard InChI is InChI=1S/C7H10N4O/c8-7-10-3-6(4-11-7)12-5-1-9-2-5/h3-5,9H,1-2H2,(H2,8,10,11). The zero-order chi connectivity index (χ0) is 8.39. The Bertz CT molecular complexity index is 257. The lowest BCUT2D eigenvalue weighted by molar-refractivity contribution is 0.141. The molecule has 2 heterocycles. The van der Waals surface area contributed by atoms with Crippen LogP contribution in [0.15, 0.2) is 12.4 Å². The minimum absolute atomic E-state index is 0.261. The van der Waals surface area contributed by atoms with Crippen LogP contribution in [0, 0.1) is 0 Å². The van der Waals surface area contributed by atoms with Gasteiger partial charge in [0, 0.05) is 13.1 Å². The van der Waals surface area contributed by atoms with Crippen LogP contribution in [0.4, 0.5) is 5.95 Å². The van der Waals surface area contributed by atoms with Gasteiger partial charge in [0.25, 0.3) is 0 Å². The first kappa shape index (κ1) is 7.30. The second kappa shape index (κ2) is 2.94. The molecule has 0 radical (unpaired) electrons. The monoisotopic (exact) mass is 166 g/mol. The fourth-order valence-electron chi connectivity index (χ4n) is 0.925. The van der Waals surface area contributed by atoms with Crippen LogP contribution < -0.4 is 15.8 Å². The average Bonchev–Trinajstić information content (AvgIpc) is 2.00. The predicted molar refractivity (Wildman–Crippen MR) is 43.7 cm³/mol. The number of nitrogen functional groups attached to an aromatic ring is 1. The summed E-state index contributed by atoms with van der Waals surface area (Å²) in [5.41, 5.74) is 5.31. The lowest BCUT2D eigenvalue weighted by atomic mass is 10.2. The van der Waals surface area contributed by atoms with Crippen molar-refractivity contribution in [2.75, 3.05) is 18.8 Å². The van der Waals surface area contributed by atoms with Crippen molar-refractivity contribution >= 4 is 5.95 Å². The maximum absolute atomic E-state index is 5.46. The second-order valence-corrected chi connectivity index (χ2v) is 2.68. The van der Waals surface area contributed by atoms with Gasteiger partial charge < -0.3 is 15.8 Å². The molecule has 1 aliphatic rings. The summed E-state index contributed by atoms with van der Waals surface area (Å²) >= 11 is 0. The van der Waals surface area contributed by atoms with Crippen molar-refractivity contribution in [3.63, 3.8) is 0 Å². The Morgan fingerprint density at radius 3 is 2.58 bits per heavy atom. The largest absolute Gasteiger partial charge is 0.485 e. The summed E-state index contributed by atoms with van der Waals surface area (Å²) < 4.78 is 5.46. The first-order chi connectivity index (χ1) is 5.84. The van der Waals surface area contributed by atoms with Crippen molar-refractivity contribution in [2.45, 2.75) is 6.10 Å². The Kier molecular flexibility index (Phi) is 1.79. The van der Waals surface area contributed by atoms with E-state index < -0.39 is 0 Å². The van der Waals surface area contributed by atoms with E-state index >= 15 is 0 Å². The van der Waals surface area contributed by atoms with Crippen molar-refractivity contribution in [3.8, 4) is 5.75 Å². The molecule has 1 aromatic rings. The molecule has 64 valence electrons. The van der Waals surface area contributed by atoms with Crippen LogP contribution in [0.1, 0.15) is 0 Å². The van der Waals surface area contributed by atoms with E-state index in [4.69, 9.17) is 10.5 Å². The number of hydrogen-bond donors (Lipinski definition) is 2. The lowest BCUT2D eigenvalue weighted by Gasteiger charge is -2.27. The highest BCUT2D eigenvalue weighted by molar-refractivity contribution is 5.21. The quantitative estimate of drug-likeness (QED) is 0.614. The molecule has 1 fully saturated rings. The Hall–Kier alpha value is -1.36. The summed E-state index contributed by atoms with van der Waals surface area (Å²) in [5, 5.41) is 3.10. The molecule has 0 amide bonds. The highest BCUT2D eigenvalue weighted by atomic mass is 16.5. The highest BCUT2D eigenvalue weighted by Gasteiger charge is 2.18. The van der Waals surface area contributed by atoms with Gasteiger partial charge in [0.15, 0.2) is 5.75 Å². The average molecular weight is 166 g/mol. The van der Waals surface area contributed by atoms with E-state index in [-0.39, 0.29) is 12.1 Å². The van der Waals surface area contributed by atoms with Crippen LogP contribution in [0.5, 0.6) is 5.75 Å². The van der Waals surface area contributed by atoms with Crippen LogP contribution in [-0.2, 0) is 0 Å². The molecule has 0 aromatic carbocycles. The third-order valence-electron chi connectivity index (χ3n) is 1.69. The van der Waals surface area contributed by atoms with Crippen molar-refractivity contribution in [3.05, 3.63) is 12.4 Å². The normalized spacial score (nSPS) is 17.0. The van der Waals surface area contributed by atoms with E-state index in [9.17, 15) is 0 Å². The number of nitrogens with one attached hydrogen (secondary N) is 1. The number of nitrogens with two attached hydrogens (primary N) is 1. The zero-order valence-electron chi connectivity index (χ0n) is 6.53. The molecule has 12 heavy (non-hydrogen) atoms. The van der Waals surface area contributed by atoms with Gasteiger partial charge in [-0.2, -0.15) is 0 Å². The molecule has 5 heteroatoms. The maximum Gasteiger partial charge on any atom is 0.220 e. The topological polar surface area (TPSA) is 73.1 Å². The molecule has 1 aromatic heterocycles. The van der Waals surface area contributed by atoms with E-state index in [1.165, 1.54) is 0 Å². The van der Waals surface area contributed by atoms with Crippen LogP contribution >= 0.6 is 0 Å². The molecule has 2 rings (SSSR count). The molecule has 3 N–H and O–H groups in total. The van der Waals surface area contributed by atoms with Gasteiger partial charge >= 0.3 is 0 Å². The smallest absolute Gasteiger partial charge is 0.220 e. The second-order valence-electron chi connectivity index (χ2n) is 2.68. The van der Waals surface area contributed by atoms with Gasteiger partial charge in [-0.1, -0.05) is 0 Å². The Morgan fingerprint density at radius 1 is 1.42 bits per heavy atom. The van der Waals surface area contributed by atoms with E-state index in [2.05, 4.69) is 15.3 Å². The molecule has 1 aliphatic heterocycles. The number of anilines is 1. The number of ether oxygens (including phenoxy) is 1. The van der Waals surface area contributed by atoms with Crippen molar-refractivity contribution in [1.29, 1.82) is 0 Å². The minimum Gasteiger partial charge on any atom is -0.485 e. The number of aromatic nitrogens is 2. The molecule has 0 unspecified atom stereocenters. The Morgan fingerprint density at radius 2 is 2.08 bits per heavy atom. The molecule has 0 spiro atoms. The van der Waals surface area contributed by atoms with E-state index in [1.54, 1.807) is 12.4 Å². The number of nitrogens with zero attached hydrogens (tertiary/aromatic N) is 2. The highest BCUT2D eigenvalue weighted by Crippen LogP contribution is 2.10. The first-order valence-corrected chi connectivity index (χ1v) is 3.79. The van der Waals surface area contributed by atoms with Gasteiger partial charge in [-0.15, -0.1) is 0 Å². The summed E-state index contributed by atoms with van der Waals surface area (Å²) in [4.78, 5) is 7.62. The van der Waals surface area contributed by atoms with Gasteiger partial charge in [0.2, 0.25) is 5.95 Å². The maximum atomic E-state index is 5.46. The summed E-state index contributed by atoms with van der Waals surface area (Å²) in [7, 11) is 0. The predicted octanol–water partition coefficient (Wildman–Crippen LogP) is -0.591. The SMILES string of the molecule is Nc1ncc(OC2CNC2)cn1. The van der Waals surface area contributed by atoms with Crippen molar-refractivity contribution in [1.82, 2.24) is 15.3 Å². The van der Waals surface area contributed by atoms with E-state index in [1.807, 2.05) is 0 Å². The fourth-order valence-corrected chi connectivity index (χ4v) is 0.925. The molecular weight excluding hydrogens is 156 g/mol. The van der Waals surface area contributed by atoms with Crippen LogP contribution in [-0.4, -0.2) is 29.2 Å². The molecule has 5 nitrogen and oxygen atoms in total. The minimum atomic E-state index is 0.261. The molecule has 1 saturated heterocycles.